The predicted octanol–water partition coefficient (Wildman–Crippen LogP) is 2.49. The second kappa shape index (κ2) is 9.49. The molecule has 0 aliphatic carbocycles. The van der Waals surface area contributed by atoms with E-state index in [-0.39, 0.29) is 23.6 Å². The number of hydrogen-bond acceptors (Lipinski definition) is 6. The zero-order valence-corrected chi connectivity index (χ0v) is 17.0. The molecule has 3 rings (SSSR count). The highest BCUT2D eigenvalue weighted by atomic mass is 16.5. The molecule has 0 bridgehead atoms. The summed E-state index contributed by atoms with van der Waals surface area (Å²) < 4.78 is 16.0. The highest BCUT2D eigenvalue weighted by molar-refractivity contribution is 5.87. The summed E-state index contributed by atoms with van der Waals surface area (Å²) in [5.41, 5.74) is 1.28. The number of methoxy groups -OCH3 is 2. The molecule has 1 saturated heterocycles. The number of ether oxygens (including phenoxy) is 3. The van der Waals surface area contributed by atoms with Crippen LogP contribution in [0.1, 0.15) is 33.8 Å². The van der Waals surface area contributed by atoms with E-state index >= 15 is 0 Å². The summed E-state index contributed by atoms with van der Waals surface area (Å²) in [5, 5.41) is 19.9. The first-order valence-corrected chi connectivity index (χ1v) is 9.58. The Balaban J connectivity index is 2.03. The van der Waals surface area contributed by atoms with Crippen LogP contribution < -0.4 is 9.47 Å². The number of carboxylic acid groups (broad SMARTS) is 1. The summed E-state index contributed by atoms with van der Waals surface area (Å²) in [6.07, 6.45) is 0.0860. The lowest BCUT2D eigenvalue weighted by molar-refractivity contribution is -0.135. The second-order valence-corrected chi connectivity index (χ2v) is 6.94. The van der Waals surface area contributed by atoms with Crippen molar-refractivity contribution in [1.29, 1.82) is 0 Å². The lowest BCUT2D eigenvalue weighted by Gasteiger charge is -2.29. The Morgan fingerprint density at radius 2 is 1.77 bits per heavy atom. The summed E-state index contributed by atoms with van der Waals surface area (Å²) in [6, 6.07) is 9.39. The van der Waals surface area contributed by atoms with Crippen molar-refractivity contribution in [3.8, 4) is 17.2 Å². The fraction of sp³-hybridized carbons (Fsp3) is 0.364. The van der Waals surface area contributed by atoms with Crippen LogP contribution in [-0.2, 0) is 9.53 Å². The molecule has 30 heavy (non-hydrogen) atoms. The Bertz CT molecular complexity index is 904. The highest BCUT2D eigenvalue weighted by Crippen LogP contribution is 2.43. The lowest BCUT2D eigenvalue weighted by Crippen LogP contribution is -2.41. The number of carboxylic acids is 1. The minimum atomic E-state index is -1.03. The third kappa shape index (κ3) is 4.65. The molecule has 1 amide bonds. The highest BCUT2D eigenvalue weighted by Gasteiger charge is 2.28. The van der Waals surface area contributed by atoms with E-state index < -0.39 is 11.9 Å². The van der Waals surface area contributed by atoms with Crippen LogP contribution in [0.25, 0.3) is 0 Å². The molecule has 0 radical (unpaired) electrons. The largest absolute Gasteiger partial charge is 0.507 e. The number of rotatable bonds is 7. The number of aromatic hydroxyl groups is 1. The van der Waals surface area contributed by atoms with Crippen LogP contribution in [0.2, 0.25) is 0 Å². The summed E-state index contributed by atoms with van der Waals surface area (Å²) >= 11 is 0. The molecule has 8 heteroatoms. The Morgan fingerprint density at radius 1 is 1.10 bits per heavy atom. The minimum Gasteiger partial charge on any atom is -0.507 e. The van der Waals surface area contributed by atoms with E-state index in [1.165, 1.54) is 32.4 Å². The SMILES string of the molecule is COc1cc(O)c(C(CC(=O)N2CCOCC2)c2ccc(C(=O)O)cc2)c(OC)c1. The quantitative estimate of drug-likeness (QED) is 0.716. The van der Waals surface area contributed by atoms with Gasteiger partial charge in [0, 0.05) is 43.1 Å². The zero-order valence-electron chi connectivity index (χ0n) is 17.0. The van der Waals surface area contributed by atoms with Gasteiger partial charge in [-0.2, -0.15) is 0 Å². The van der Waals surface area contributed by atoms with Crippen LogP contribution in [0.3, 0.4) is 0 Å². The first kappa shape index (κ1) is 21.4. The number of nitrogens with zero attached hydrogens (tertiary/aromatic N) is 1. The van der Waals surface area contributed by atoms with Gasteiger partial charge in [-0.3, -0.25) is 4.79 Å². The van der Waals surface area contributed by atoms with Crippen molar-refractivity contribution in [2.45, 2.75) is 12.3 Å². The second-order valence-electron chi connectivity index (χ2n) is 6.94. The van der Waals surface area contributed by atoms with Crippen LogP contribution >= 0.6 is 0 Å². The van der Waals surface area contributed by atoms with E-state index in [1.807, 2.05) is 0 Å². The topological polar surface area (TPSA) is 106 Å². The van der Waals surface area contributed by atoms with E-state index in [0.29, 0.717) is 48.9 Å². The predicted molar refractivity (Wildman–Crippen MR) is 108 cm³/mol. The van der Waals surface area contributed by atoms with Crippen LogP contribution in [0.15, 0.2) is 36.4 Å². The Kier molecular flexibility index (Phi) is 6.79. The van der Waals surface area contributed by atoms with Gasteiger partial charge in [0.25, 0.3) is 0 Å². The standard InChI is InChI=1S/C22H25NO7/c1-28-16-11-18(24)21(19(12-16)29-2)17(13-20(25)23-7-9-30-10-8-23)14-3-5-15(6-4-14)22(26)27/h3-6,11-12,17,24H,7-10,13H2,1-2H3,(H,26,27). The molecular formula is C22H25NO7. The van der Waals surface area contributed by atoms with Crippen LogP contribution in [0, 0.1) is 0 Å². The molecule has 0 spiro atoms. The van der Waals surface area contributed by atoms with Gasteiger partial charge >= 0.3 is 5.97 Å². The van der Waals surface area contributed by atoms with Crippen LogP contribution in [0.4, 0.5) is 0 Å². The number of aromatic carboxylic acids is 1. The van der Waals surface area contributed by atoms with E-state index in [2.05, 4.69) is 0 Å². The zero-order chi connectivity index (χ0) is 21.7. The molecular weight excluding hydrogens is 390 g/mol. The van der Waals surface area contributed by atoms with Crippen molar-refractivity contribution >= 4 is 11.9 Å². The third-order valence-electron chi connectivity index (χ3n) is 5.20. The third-order valence-corrected chi connectivity index (χ3v) is 5.20. The van der Waals surface area contributed by atoms with Crippen molar-refractivity contribution in [2.75, 3.05) is 40.5 Å². The van der Waals surface area contributed by atoms with E-state index in [0.717, 1.165) is 0 Å². The molecule has 160 valence electrons. The maximum Gasteiger partial charge on any atom is 0.335 e. The van der Waals surface area contributed by atoms with E-state index in [1.54, 1.807) is 23.1 Å². The fourth-order valence-electron chi connectivity index (χ4n) is 3.59. The summed E-state index contributed by atoms with van der Waals surface area (Å²) in [6.45, 7) is 1.99. The van der Waals surface area contributed by atoms with Crippen molar-refractivity contribution in [2.24, 2.45) is 0 Å². The number of carbonyl (C=O) groups is 2. The number of phenols is 1. The molecule has 2 aromatic rings. The average molecular weight is 415 g/mol. The average Bonchev–Trinajstić information content (AvgIpc) is 2.77. The van der Waals surface area contributed by atoms with Crippen LogP contribution in [-0.4, -0.2) is 67.5 Å². The minimum absolute atomic E-state index is 0.0618. The van der Waals surface area contributed by atoms with Crippen molar-refractivity contribution in [3.05, 3.63) is 53.1 Å². The molecule has 0 aromatic heterocycles. The Morgan fingerprint density at radius 3 is 2.33 bits per heavy atom. The number of amides is 1. The molecule has 1 heterocycles. The van der Waals surface area contributed by atoms with Gasteiger partial charge in [0.1, 0.15) is 17.2 Å². The van der Waals surface area contributed by atoms with Gasteiger partial charge < -0.3 is 29.3 Å². The van der Waals surface area contributed by atoms with Crippen molar-refractivity contribution < 1.29 is 34.0 Å². The monoisotopic (exact) mass is 415 g/mol. The maximum absolute atomic E-state index is 13.0. The number of benzene rings is 2. The number of hydrogen-bond donors (Lipinski definition) is 2. The Labute approximate surface area is 174 Å². The molecule has 1 atom stereocenters. The van der Waals surface area contributed by atoms with Gasteiger partial charge in [-0.1, -0.05) is 12.1 Å². The van der Waals surface area contributed by atoms with Gasteiger partial charge in [-0.05, 0) is 17.7 Å². The van der Waals surface area contributed by atoms with Crippen molar-refractivity contribution in [1.82, 2.24) is 4.90 Å². The van der Waals surface area contributed by atoms with Gasteiger partial charge in [0.2, 0.25) is 5.91 Å². The molecule has 0 saturated carbocycles. The molecule has 1 aliphatic heterocycles. The van der Waals surface area contributed by atoms with Gasteiger partial charge in [-0.25, -0.2) is 4.79 Å². The molecule has 8 nitrogen and oxygen atoms in total. The summed E-state index contributed by atoms with van der Waals surface area (Å²) in [7, 11) is 2.96. The summed E-state index contributed by atoms with van der Waals surface area (Å²) in [4.78, 5) is 25.9. The molecule has 1 fully saturated rings. The first-order valence-electron chi connectivity index (χ1n) is 9.58. The van der Waals surface area contributed by atoms with E-state index in [9.17, 15) is 19.8 Å². The molecule has 2 N–H and O–H groups in total. The smallest absolute Gasteiger partial charge is 0.335 e. The van der Waals surface area contributed by atoms with E-state index in [4.69, 9.17) is 14.2 Å². The fourth-order valence-corrected chi connectivity index (χ4v) is 3.59. The molecule has 1 aliphatic rings. The maximum atomic E-state index is 13.0. The summed E-state index contributed by atoms with van der Waals surface area (Å²) in [5.74, 6) is -0.908. The normalized spacial score (nSPS) is 14.8. The first-order chi connectivity index (χ1) is 14.4. The van der Waals surface area contributed by atoms with Gasteiger partial charge in [0.15, 0.2) is 0 Å². The van der Waals surface area contributed by atoms with Gasteiger partial charge in [-0.15, -0.1) is 0 Å². The Hall–Kier alpha value is -3.26. The molecule has 2 aromatic carbocycles. The van der Waals surface area contributed by atoms with Crippen LogP contribution in [0.5, 0.6) is 17.2 Å². The van der Waals surface area contributed by atoms with Gasteiger partial charge in [0.05, 0.1) is 33.0 Å². The van der Waals surface area contributed by atoms with Crippen molar-refractivity contribution in [3.63, 3.8) is 0 Å². The number of carbonyl (C=O) groups excluding carboxylic acids is 1. The number of morpholine rings is 1. The molecule has 1 unspecified atom stereocenters. The lowest BCUT2D eigenvalue weighted by atomic mass is 9.86. The number of phenolic OH excluding ortho intramolecular Hbond substituents is 1.